The standard InChI is InChI=1S/C24H18BrClN2O4/c25-19-11-12-21(32-24(30)13-10-17-6-2-1-3-7-17)18(14-19)15-27-28-23(29)16-31-22-9-5-4-8-20(22)26/h1-15H,16H2,(H,28,29)/b13-10+,27-15+. The normalized spacial score (nSPS) is 10.9. The molecule has 6 nitrogen and oxygen atoms in total. The van der Waals surface area contributed by atoms with Crippen molar-refractivity contribution in [1.82, 2.24) is 5.43 Å². The predicted molar refractivity (Wildman–Crippen MR) is 128 cm³/mol. The molecule has 0 aromatic heterocycles. The van der Waals surface area contributed by atoms with Crippen molar-refractivity contribution >= 4 is 51.7 Å². The Labute approximate surface area is 198 Å². The number of ether oxygens (including phenoxy) is 2. The van der Waals surface area contributed by atoms with Crippen LogP contribution in [0.1, 0.15) is 11.1 Å². The van der Waals surface area contributed by atoms with Gasteiger partial charge in [0, 0.05) is 16.1 Å². The first-order valence-electron chi connectivity index (χ1n) is 9.45. The van der Waals surface area contributed by atoms with E-state index >= 15 is 0 Å². The minimum absolute atomic E-state index is 0.258. The van der Waals surface area contributed by atoms with Crippen LogP contribution in [-0.4, -0.2) is 24.7 Å². The van der Waals surface area contributed by atoms with Crippen molar-refractivity contribution in [3.8, 4) is 11.5 Å². The molecular weight excluding hydrogens is 496 g/mol. The van der Waals surface area contributed by atoms with Gasteiger partial charge in [-0.05, 0) is 42.0 Å². The summed E-state index contributed by atoms with van der Waals surface area (Å²) in [4.78, 5) is 24.2. The number of carbonyl (C=O) groups excluding carboxylic acids is 2. The van der Waals surface area contributed by atoms with Gasteiger partial charge in [0.15, 0.2) is 6.61 Å². The van der Waals surface area contributed by atoms with Crippen LogP contribution in [-0.2, 0) is 9.59 Å². The van der Waals surface area contributed by atoms with E-state index in [2.05, 4.69) is 26.5 Å². The van der Waals surface area contributed by atoms with Gasteiger partial charge in [0.25, 0.3) is 5.91 Å². The third-order valence-corrected chi connectivity index (χ3v) is 4.79. The third kappa shape index (κ3) is 7.37. The Morgan fingerprint density at radius 1 is 1.00 bits per heavy atom. The van der Waals surface area contributed by atoms with Gasteiger partial charge >= 0.3 is 5.97 Å². The van der Waals surface area contributed by atoms with Gasteiger partial charge in [-0.15, -0.1) is 0 Å². The van der Waals surface area contributed by atoms with Crippen LogP contribution in [0.25, 0.3) is 6.08 Å². The summed E-state index contributed by atoms with van der Waals surface area (Å²) in [5.74, 6) is -0.317. The first-order valence-corrected chi connectivity index (χ1v) is 10.6. The number of amides is 1. The quantitative estimate of drug-likeness (QED) is 0.147. The molecule has 3 rings (SSSR count). The maximum atomic E-state index is 12.2. The van der Waals surface area contributed by atoms with Gasteiger partial charge in [-0.3, -0.25) is 4.79 Å². The number of hydrazone groups is 1. The van der Waals surface area contributed by atoms with E-state index < -0.39 is 11.9 Å². The van der Waals surface area contributed by atoms with Crippen molar-refractivity contribution in [1.29, 1.82) is 0 Å². The maximum absolute atomic E-state index is 12.2. The second-order valence-electron chi connectivity index (χ2n) is 6.36. The van der Waals surface area contributed by atoms with E-state index in [0.29, 0.717) is 22.1 Å². The lowest BCUT2D eigenvalue weighted by molar-refractivity contribution is -0.129. The lowest BCUT2D eigenvalue weighted by Gasteiger charge is -2.07. The number of nitrogens with zero attached hydrogens (tertiary/aromatic N) is 1. The van der Waals surface area contributed by atoms with Crippen molar-refractivity contribution in [3.63, 3.8) is 0 Å². The maximum Gasteiger partial charge on any atom is 0.336 e. The highest BCUT2D eigenvalue weighted by Gasteiger charge is 2.08. The molecule has 0 bridgehead atoms. The molecule has 0 radical (unpaired) electrons. The van der Waals surface area contributed by atoms with Crippen LogP contribution < -0.4 is 14.9 Å². The molecule has 0 aliphatic carbocycles. The highest BCUT2D eigenvalue weighted by Crippen LogP contribution is 2.23. The molecule has 0 saturated heterocycles. The van der Waals surface area contributed by atoms with E-state index in [9.17, 15) is 9.59 Å². The number of carbonyl (C=O) groups is 2. The fourth-order valence-corrected chi connectivity index (χ4v) is 3.06. The Balaban J connectivity index is 1.58. The van der Waals surface area contributed by atoms with E-state index in [-0.39, 0.29) is 6.61 Å². The lowest BCUT2D eigenvalue weighted by Crippen LogP contribution is -2.24. The SMILES string of the molecule is O=C(COc1ccccc1Cl)N/N=C/c1cc(Br)ccc1OC(=O)/C=C/c1ccccc1. The fraction of sp³-hybridized carbons (Fsp3) is 0.0417. The summed E-state index contributed by atoms with van der Waals surface area (Å²) in [6.07, 6.45) is 4.38. The number of hydrogen-bond acceptors (Lipinski definition) is 5. The molecule has 3 aromatic rings. The summed E-state index contributed by atoms with van der Waals surface area (Å²) in [7, 11) is 0. The summed E-state index contributed by atoms with van der Waals surface area (Å²) in [5, 5.41) is 4.32. The van der Waals surface area contributed by atoms with Gasteiger partial charge in [-0.25, -0.2) is 10.2 Å². The Morgan fingerprint density at radius 2 is 1.75 bits per heavy atom. The predicted octanol–water partition coefficient (Wildman–Crippen LogP) is 5.25. The molecule has 1 N–H and O–H groups in total. The van der Waals surface area contributed by atoms with E-state index in [1.165, 1.54) is 12.3 Å². The zero-order valence-electron chi connectivity index (χ0n) is 16.7. The van der Waals surface area contributed by atoms with Crippen LogP contribution in [0.3, 0.4) is 0 Å². The minimum Gasteiger partial charge on any atom is -0.482 e. The lowest BCUT2D eigenvalue weighted by atomic mass is 10.2. The third-order valence-electron chi connectivity index (χ3n) is 3.98. The number of hydrogen-bond donors (Lipinski definition) is 1. The largest absolute Gasteiger partial charge is 0.482 e. The summed E-state index contributed by atoms with van der Waals surface area (Å²) in [6.45, 7) is -0.258. The highest BCUT2D eigenvalue weighted by molar-refractivity contribution is 9.10. The van der Waals surface area contributed by atoms with E-state index in [1.54, 1.807) is 48.5 Å². The fourth-order valence-electron chi connectivity index (χ4n) is 2.50. The van der Waals surface area contributed by atoms with E-state index in [1.807, 2.05) is 30.3 Å². The number of benzene rings is 3. The van der Waals surface area contributed by atoms with Gasteiger partial charge in [0.1, 0.15) is 11.5 Å². The van der Waals surface area contributed by atoms with Crippen molar-refractivity contribution in [2.24, 2.45) is 5.10 Å². The average molecular weight is 514 g/mol. The molecule has 0 aliphatic rings. The molecular formula is C24H18BrClN2O4. The van der Waals surface area contributed by atoms with Gasteiger partial charge in [-0.2, -0.15) is 5.10 Å². The Kier molecular flexibility index (Phi) is 8.60. The Bertz CT molecular complexity index is 1150. The molecule has 162 valence electrons. The van der Waals surface area contributed by atoms with Gasteiger partial charge < -0.3 is 9.47 Å². The zero-order chi connectivity index (χ0) is 22.8. The van der Waals surface area contributed by atoms with E-state index in [4.69, 9.17) is 21.1 Å². The second-order valence-corrected chi connectivity index (χ2v) is 7.68. The monoisotopic (exact) mass is 512 g/mol. The first kappa shape index (κ1) is 23.2. The second kappa shape index (κ2) is 11.8. The number of para-hydroxylation sites is 1. The molecule has 0 spiro atoms. The molecule has 3 aromatic carbocycles. The molecule has 32 heavy (non-hydrogen) atoms. The highest BCUT2D eigenvalue weighted by atomic mass is 79.9. The average Bonchev–Trinajstić information content (AvgIpc) is 2.79. The van der Waals surface area contributed by atoms with Crippen molar-refractivity contribution in [3.05, 3.63) is 99.5 Å². The van der Waals surface area contributed by atoms with Crippen LogP contribution in [0.5, 0.6) is 11.5 Å². The molecule has 0 atom stereocenters. The van der Waals surface area contributed by atoms with Crippen molar-refractivity contribution in [2.45, 2.75) is 0 Å². The molecule has 0 saturated carbocycles. The minimum atomic E-state index is -0.539. The summed E-state index contributed by atoms with van der Waals surface area (Å²) >= 11 is 9.35. The van der Waals surface area contributed by atoms with Crippen LogP contribution in [0.15, 0.2) is 88.4 Å². The van der Waals surface area contributed by atoms with E-state index in [0.717, 1.165) is 10.0 Å². The summed E-state index contributed by atoms with van der Waals surface area (Å²) in [6, 6.07) is 21.3. The van der Waals surface area contributed by atoms with Crippen LogP contribution in [0, 0.1) is 0 Å². The summed E-state index contributed by atoms with van der Waals surface area (Å²) < 4.78 is 11.5. The number of rotatable bonds is 8. The topological polar surface area (TPSA) is 77.0 Å². The van der Waals surface area contributed by atoms with Gasteiger partial charge in [-0.1, -0.05) is 70.0 Å². The molecule has 0 fully saturated rings. The number of nitrogens with one attached hydrogen (secondary N) is 1. The Hall–Kier alpha value is -3.42. The Morgan fingerprint density at radius 3 is 2.53 bits per heavy atom. The molecule has 1 amide bonds. The first-order chi connectivity index (χ1) is 15.5. The molecule has 0 aliphatic heterocycles. The number of esters is 1. The van der Waals surface area contributed by atoms with Crippen molar-refractivity contribution < 1.29 is 19.1 Å². The molecule has 0 unspecified atom stereocenters. The van der Waals surface area contributed by atoms with Crippen molar-refractivity contribution in [2.75, 3.05) is 6.61 Å². The van der Waals surface area contributed by atoms with Gasteiger partial charge in [0.2, 0.25) is 0 Å². The number of halogens is 2. The van der Waals surface area contributed by atoms with Crippen LogP contribution >= 0.6 is 27.5 Å². The smallest absolute Gasteiger partial charge is 0.336 e. The van der Waals surface area contributed by atoms with Crippen LogP contribution in [0.4, 0.5) is 0 Å². The van der Waals surface area contributed by atoms with Gasteiger partial charge in [0.05, 0.1) is 11.2 Å². The molecule has 8 heteroatoms. The zero-order valence-corrected chi connectivity index (χ0v) is 19.0. The summed E-state index contributed by atoms with van der Waals surface area (Å²) in [5.41, 5.74) is 3.73. The molecule has 0 heterocycles. The van der Waals surface area contributed by atoms with Crippen LogP contribution in [0.2, 0.25) is 5.02 Å².